The summed E-state index contributed by atoms with van der Waals surface area (Å²) in [7, 11) is 0. The summed E-state index contributed by atoms with van der Waals surface area (Å²) < 4.78 is 0. The van der Waals surface area contributed by atoms with Gasteiger partial charge in [-0.05, 0) is 24.7 Å². The second-order valence-corrected chi connectivity index (χ2v) is 6.79. The van der Waals surface area contributed by atoms with Gasteiger partial charge in [0.2, 0.25) is 0 Å². The van der Waals surface area contributed by atoms with Gasteiger partial charge in [0.05, 0.1) is 10.7 Å². The van der Waals surface area contributed by atoms with Gasteiger partial charge in [0, 0.05) is 18.5 Å². The predicted octanol–water partition coefficient (Wildman–Crippen LogP) is 3.61. The number of rotatable bonds is 6. The number of aromatic nitrogens is 1. The van der Waals surface area contributed by atoms with Crippen LogP contribution in [0.5, 0.6) is 0 Å². The van der Waals surface area contributed by atoms with Gasteiger partial charge in [0.1, 0.15) is 0 Å². The quantitative estimate of drug-likeness (QED) is 0.821. The Morgan fingerprint density at radius 3 is 2.62 bits per heavy atom. The summed E-state index contributed by atoms with van der Waals surface area (Å²) in [4.78, 5) is 4.45. The fourth-order valence-corrected chi connectivity index (χ4v) is 2.81. The molecule has 0 atom stereocenters. The maximum absolute atomic E-state index is 4.45. The molecule has 1 aromatic rings. The van der Waals surface area contributed by atoms with E-state index < -0.39 is 0 Å². The van der Waals surface area contributed by atoms with Crippen molar-refractivity contribution in [3.8, 4) is 0 Å². The summed E-state index contributed by atoms with van der Waals surface area (Å²) in [5.41, 5.74) is 1.54. The fraction of sp³-hybridized carbons (Fsp3) is 0.769. The Labute approximate surface area is 103 Å². The van der Waals surface area contributed by atoms with E-state index in [1.807, 2.05) is 0 Å². The van der Waals surface area contributed by atoms with E-state index in [0.29, 0.717) is 5.41 Å². The number of aryl methyl sites for hydroxylation is 1. The monoisotopic (exact) mass is 240 g/mol. The van der Waals surface area contributed by atoms with Gasteiger partial charge >= 0.3 is 0 Å². The second kappa shape index (κ2) is 5.78. The number of nitrogens with zero attached hydrogens (tertiary/aromatic N) is 1. The van der Waals surface area contributed by atoms with Crippen molar-refractivity contribution in [2.45, 2.75) is 47.6 Å². The lowest BCUT2D eigenvalue weighted by Crippen LogP contribution is -2.30. The molecule has 0 aliphatic heterocycles. The molecule has 1 rings (SSSR count). The van der Waals surface area contributed by atoms with Crippen LogP contribution < -0.4 is 5.32 Å². The molecular weight excluding hydrogens is 216 g/mol. The molecule has 1 heterocycles. The van der Waals surface area contributed by atoms with Crippen LogP contribution in [0.1, 0.15) is 44.8 Å². The summed E-state index contributed by atoms with van der Waals surface area (Å²) in [6.45, 7) is 13.2. The van der Waals surface area contributed by atoms with Gasteiger partial charge in [-0.15, -0.1) is 11.3 Å². The topological polar surface area (TPSA) is 24.9 Å². The summed E-state index contributed by atoms with van der Waals surface area (Å²) in [6, 6.07) is 0. The molecule has 0 saturated carbocycles. The van der Waals surface area contributed by atoms with Gasteiger partial charge in [-0.1, -0.05) is 27.7 Å². The Kier molecular flexibility index (Phi) is 4.93. The van der Waals surface area contributed by atoms with Crippen LogP contribution in [-0.2, 0) is 6.54 Å². The lowest BCUT2D eigenvalue weighted by molar-refractivity contribution is 0.272. The highest BCUT2D eigenvalue weighted by molar-refractivity contribution is 7.09. The molecule has 0 fully saturated rings. The highest BCUT2D eigenvalue weighted by Crippen LogP contribution is 2.24. The van der Waals surface area contributed by atoms with Crippen LogP contribution in [0, 0.1) is 18.3 Å². The molecule has 2 nitrogen and oxygen atoms in total. The molecule has 0 aromatic carbocycles. The van der Waals surface area contributed by atoms with E-state index in [1.165, 1.54) is 12.1 Å². The highest BCUT2D eigenvalue weighted by Gasteiger charge is 2.18. The molecule has 0 spiro atoms. The van der Waals surface area contributed by atoms with Crippen LogP contribution in [0.4, 0.5) is 0 Å². The van der Waals surface area contributed by atoms with Gasteiger partial charge in [-0.3, -0.25) is 0 Å². The second-order valence-electron chi connectivity index (χ2n) is 5.72. The average Bonchev–Trinajstić information content (AvgIpc) is 2.48. The zero-order valence-corrected chi connectivity index (χ0v) is 11.9. The minimum Gasteiger partial charge on any atom is -0.311 e. The zero-order chi connectivity index (χ0) is 12.2. The van der Waals surface area contributed by atoms with Crippen molar-refractivity contribution in [3.63, 3.8) is 0 Å². The van der Waals surface area contributed by atoms with E-state index in [2.05, 4.69) is 50.3 Å². The van der Waals surface area contributed by atoms with E-state index in [4.69, 9.17) is 0 Å². The lowest BCUT2D eigenvalue weighted by atomic mass is 9.84. The van der Waals surface area contributed by atoms with E-state index >= 15 is 0 Å². The first kappa shape index (κ1) is 13.7. The molecule has 3 heteroatoms. The van der Waals surface area contributed by atoms with Crippen LogP contribution in [0.25, 0.3) is 0 Å². The number of hydrogen-bond donors (Lipinski definition) is 1. The minimum absolute atomic E-state index is 0.374. The minimum atomic E-state index is 0.374. The van der Waals surface area contributed by atoms with Crippen LogP contribution in [-0.4, -0.2) is 11.5 Å². The molecule has 92 valence electrons. The van der Waals surface area contributed by atoms with Crippen LogP contribution >= 0.6 is 11.3 Å². The summed E-state index contributed by atoms with van der Waals surface area (Å²) in [6.07, 6.45) is 1.26. The molecule has 0 unspecified atom stereocenters. The first-order valence-electron chi connectivity index (χ1n) is 6.01. The average molecular weight is 240 g/mol. The largest absolute Gasteiger partial charge is 0.311 e. The smallest absolute Gasteiger partial charge is 0.0897 e. The van der Waals surface area contributed by atoms with E-state index in [9.17, 15) is 0 Å². The predicted molar refractivity (Wildman–Crippen MR) is 71.8 cm³/mol. The third kappa shape index (κ3) is 5.08. The van der Waals surface area contributed by atoms with Crippen molar-refractivity contribution in [3.05, 3.63) is 16.1 Å². The molecule has 1 aromatic heterocycles. The molecular formula is C13H24N2S. The molecule has 0 saturated heterocycles. The third-order valence-corrected chi connectivity index (χ3v) is 3.36. The van der Waals surface area contributed by atoms with Crippen molar-refractivity contribution in [2.75, 3.05) is 6.54 Å². The Morgan fingerprint density at radius 1 is 1.44 bits per heavy atom. The molecule has 0 amide bonds. The molecule has 0 aliphatic rings. The Balaban J connectivity index is 2.29. The molecule has 0 bridgehead atoms. The summed E-state index contributed by atoms with van der Waals surface area (Å²) >= 11 is 1.72. The van der Waals surface area contributed by atoms with Crippen LogP contribution in [0.3, 0.4) is 0 Å². The van der Waals surface area contributed by atoms with Crippen LogP contribution in [0.2, 0.25) is 0 Å². The number of thiazole rings is 1. The standard InChI is InChI=1S/C13H24N2S/c1-10(2)6-13(4,5)9-14-7-12-8-16-11(3)15-12/h8,10,14H,6-7,9H2,1-5H3. The van der Waals surface area contributed by atoms with Crippen LogP contribution in [0.15, 0.2) is 5.38 Å². The highest BCUT2D eigenvalue weighted by atomic mass is 32.1. The maximum atomic E-state index is 4.45. The Hall–Kier alpha value is -0.410. The summed E-state index contributed by atoms with van der Waals surface area (Å²) in [5, 5.41) is 6.79. The molecule has 16 heavy (non-hydrogen) atoms. The van der Waals surface area contributed by atoms with E-state index in [-0.39, 0.29) is 0 Å². The van der Waals surface area contributed by atoms with Crippen molar-refractivity contribution >= 4 is 11.3 Å². The van der Waals surface area contributed by atoms with Gasteiger partial charge in [-0.25, -0.2) is 4.98 Å². The first-order chi connectivity index (χ1) is 7.39. The normalized spacial score (nSPS) is 12.4. The summed E-state index contributed by atoms with van der Waals surface area (Å²) in [5.74, 6) is 0.762. The molecule has 1 N–H and O–H groups in total. The van der Waals surface area contributed by atoms with Gasteiger partial charge in [0.15, 0.2) is 0 Å². The van der Waals surface area contributed by atoms with Gasteiger partial charge in [-0.2, -0.15) is 0 Å². The maximum Gasteiger partial charge on any atom is 0.0897 e. The van der Waals surface area contributed by atoms with Gasteiger partial charge in [0.25, 0.3) is 0 Å². The number of hydrogen-bond acceptors (Lipinski definition) is 3. The van der Waals surface area contributed by atoms with Crippen molar-refractivity contribution in [1.29, 1.82) is 0 Å². The lowest BCUT2D eigenvalue weighted by Gasteiger charge is -2.26. The van der Waals surface area contributed by atoms with Gasteiger partial charge < -0.3 is 5.32 Å². The van der Waals surface area contributed by atoms with E-state index in [0.717, 1.165) is 24.0 Å². The van der Waals surface area contributed by atoms with Crippen molar-refractivity contribution in [2.24, 2.45) is 11.3 Å². The first-order valence-corrected chi connectivity index (χ1v) is 6.89. The zero-order valence-electron chi connectivity index (χ0n) is 11.1. The Morgan fingerprint density at radius 2 is 2.12 bits per heavy atom. The molecule has 0 aliphatic carbocycles. The molecule has 0 radical (unpaired) electrons. The van der Waals surface area contributed by atoms with Crippen molar-refractivity contribution < 1.29 is 0 Å². The van der Waals surface area contributed by atoms with Crippen molar-refractivity contribution in [1.82, 2.24) is 10.3 Å². The SMILES string of the molecule is Cc1nc(CNCC(C)(C)CC(C)C)cs1. The number of nitrogens with one attached hydrogen (secondary N) is 1. The Bertz CT molecular complexity index is 315. The third-order valence-electron chi connectivity index (χ3n) is 2.54. The van der Waals surface area contributed by atoms with E-state index in [1.54, 1.807) is 11.3 Å². The fourth-order valence-electron chi connectivity index (χ4n) is 2.20.